The predicted molar refractivity (Wildman–Crippen MR) is 143 cm³/mol. The molecule has 4 N–H and O–H groups in total. The molecule has 3 rings (SSSR count). The Labute approximate surface area is 231 Å². The van der Waals surface area contributed by atoms with Crippen molar-refractivity contribution in [2.24, 2.45) is 10.7 Å². The van der Waals surface area contributed by atoms with E-state index in [0.717, 1.165) is 0 Å². The van der Waals surface area contributed by atoms with Gasteiger partial charge in [0.25, 0.3) is 5.91 Å². The van der Waals surface area contributed by atoms with Crippen molar-refractivity contribution in [3.8, 4) is 11.5 Å². The SMILES string of the molecule is CCOc1ccc(C(=O)NC(c2ccccc2OCC)C(C)(O)C(F)(F)F)cc1CN1C(=O)CC(C)(C)N=C1N. The molecule has 2 atom stereocenters. The van der Waals surface area contributed by atoms with Gasteiger partial charge in [0.2, 0.25) is 5.91 Å². The lowest BCUT2D eigenvalue weighted by atomic mass is 9.88. The molecule has 0 bridgehead atoms. The van der Waals surface area contributed by atoms with Crippen LogP contribution in [0.2, 0.25) is 0 Å². The van der Waals surface area contributed by atoms with E-state index in [1.165, 1.54) is 41.3 Å². The maximum absolute atomic E-state index is 14.0. The number of aliphatic hydroxyl groups is 1. The number of guanidine groups is 1. The number of hydrogen-bond acceptors (Lipinski definition) is 7. The fraction of sp³-hybridized carbons (Fsp3) is 0.464. The first kappa shape index (κ1) is 30.7. The highest BCUT2D eigenvalue weighted by Crippen LogP contribution is 2.42. The normalized spacial score (nSPS) is 17.5. The number of hydrogen-bond donors (Lipinski definition) is 3. The van der Waals surface area contributed by atoms with E-state index in [4.69, 9.17) is 15.2 Å². The fourth-order valence-corrected chi connectivity index (χ4v) is 4.39. The van der Waals surface area contributed by atoms with Crippen molar-refractivity contribution in [2.45, 2.75) is 70.9 Å². The molecule has 0 aliphatic carbocycles. The molecule has 12 heteroatoms. The third kappa shape index (κ3) is 6.67. The maximum atomic E-state index is 14.0. The molecule has 0 saturated heterocycles. The Kier molecular flexibility index (Phi) is 9.03. The number of benzene rings is 2. The van der Waals surface area contributed by atoms with Gasteiger partial charge < -0.3 is 25.6 Å². The Hall–Kier alpha value is -3.80. The molecular formula is C28H35F3N4O5. The third-order valence-electron chi connectivity index (χ3n) is 6.47. The average molecular weight is 565 g/mol. The summed E-state index contributed by atoms with van der Waals surface area (Å²) in [7, 11) is 0. The van der Waals surface area contributed by atoms with Crippen LogP contribution in [-0.2, 0) is 11.3 Å². The highest BCUT2D eigenvalue weighted by molar-refractivity contribution is 5.99. The lowest BCUT2D eigenvalue weighted by Gasteiger charge is -2.36. The van der Waals surface area contributed by atoms with Gasteiger partial charge in [-0.15, -0.1) is 0 Å². The van der Waals surface area contributed by atoms with E-state index in [0.29, 0.717) is 18.2 Å². The van der Waals surface area contributed by atoms with Crippen LogP contribution in [0, 0.1) is 0 Å². The molecule has 218 valence electrons. The molecule has 9 nitrogen and oxygen atoms in total. The van der Waals surface area contributed by atoms with Crippen LogP contribution in [-0.4, -0.2) is 58.3 Å². The smallest absolute Gasteiger partial charge is 0.419 e. The van der Waals surface area contributed by atoms with Gasteiger partial charge in [0, 0.05) is 16.7 Å². The van der Waals surface area contributed by atoms with E-state index in [9.17, 15) is 27.9 Å². The zero-order chi connectivity index (χ0) is 29.9. The van der Waals surface area contributed by atoms with E-state index in [2.05, 4.69) is 10.3 Å². The number of amides is 2. The summed E-state index contributed by atoms with van der Waals surface area (Å²) in [6, 6.07) is 8.25. The number of carbonyl (C=O) groups excluding carboxylic acids is 2. The number of nitrogens with zero attached hydrogens (tertiary/aromatic N) is 2. The van der Waals surface area contributed by atoms with Crippen LogP contribution in [0.25, 0.3) is 0 Å². The molecule has 1 aliphatic heterocycles. The minimum atomic E-state index is -5.09. The predicted octanol–water partition coefficient (Wildman–Crippen LogP) is 4.09. The Morgan fingerprint density at radius 1 is 1.15 bits per heavy atom. The number of para-hydroxylation sites is 1. The van der Waals surface area contributed by atoms with Gasteiger partial charge >= 0.3 is 6.18 Å². The quantitative estimate of drug-likeness (QED) is 0.399. The molecular weight excluding hydrogens is 529 g/mol. The van der Waals surface area contributed by atoms with Crippen molar-refractivity contribution in [2.75, 3.05) is 13.2 Å². The lowest BCUT2D eigenvalue weighted by Crippen LogP contribution is -2.53. The van der Waals surface area contributed by atoms with Gasteiger partial charge in [0.15, 0.2) is 11.6 Å². The molecule has 0 aromatic heterocycles. The van der Waals surface area contributed by atoms with E-state index < -0.39 is 29.3 Å². The van der Waals surface area contributed by atoms with E-state index in [-0.39, 0.29) is 54.9 Å². The first-order valence-electron chi connectivity index (χ1n) is 12.8. The minimum Gasteiger partial charge on any atom is -0.494 e. The van der Waals surface area contributed by atoms with E-state index in [1.54, 1.807) is 33.8 Å². The molecule has 1 heterocycles. The summed E-state index contributed by atoms with van der Waals surface area (Å²) < 4.78 is 53.2. The first-order chi connectivity index (χ1) is 18.6. The molecule has 2 unspecified atom stereocenters. The van der Waals surface area contributed by atoms with E-state index >= 15 is 0 Å². The largest absolute Gasteiger partial charge is 0.494 e. The summed E-state index contributed by atoms with van der Waals surface area (Å²) >= 11 is 0. The number of rotatable bonds is 10. The number of alkyl halides is 3. The molecule has 0 fully saturated rings. The Morgan fingerprint density at radius 2 is 1.77 bits per heavy atom. The summed E-state index contributed by atoms with van der Waals surface area (Å²) in [6.45, 7) is 7.95. The van der Waals surface area contributed by atoms with Crippen LogP contribution in [0.15, 0.2) is 47.5 Å². The van der Waals surface area contributed by atoms with Gasteiger partial charge in [-0.05, 0) is 58.9 Å². The van der Waals surface area contributed by atoms with Crippen LogP contribution < -0.4 is 20.5 Å². The molecule has 2 aromatic carbocycles. The highest BCUT2D eigenvalue weighted by Gasteiger charge is 2.56. The number of nitrogens with one attached hydrogen (secondary N) is 1. The van der Waals surface area contributed by atoms with Crippen molar-refractivity contribution in [3.05, 3.63) is 59.2 Å². The van der Waals surface area contributed by atoms with Gasteiger partial charge in [-0.25, -0.2) is 4.99 Å². The summed E-state index contributed by atoms with van der Waals surface area (Å²) in [5, 5.41) is 13.0. The van der Waals surface area contributed by atoms with Gasteiger partial charge in [0.1, 0.15) is 11.5 Å². The standard InChI is InChI=1S/C28H35F3N4O5/c1-6-39-20-13-12-17(14-18(20)16-35-22(36)15-26(3,4)34-25(35)32)24(37)33-23(27(5,38)28(29,30)31)19-10-8-9-11-21(19)40-7-2/h8-14,23,38H,6-7,15-16H2,1-5H3,(H2,32,34)(H,33,37). The minimum absolute atomic E-state index is 0.00683. The number of carbonyl (C=O) groups is 2. The second-order valence-corrected chi connectivity index (χ2v) is 10.2. The highest BCUT2D eigenvalue weighted by atomic mass is 19.4. The monoisotopic (exact) mass is 564 g/mol. The van der Waals surface area contributed by atoms with Crippen molar-refractivity contribution in [1.82, 2.24) is 10.2 Å². The van der Waals surface area contributed by atoms with Gasteiger partial charge in [-0.3, -0.25) is 14.5 Å². The molecule has 2 aromatic rings. The molecule has 0 radical (unpaired) electrons. The Balaban J connectivity index is 2.01. The zero-order valence-corrected chi connectivity index (χ0v) is 23.1. The Morgan fingerprint density at radius 3 is 2.38 bits per heavy atom. The molecule has 2 amide bonds. The van der Waals surface area contributed by atoms with Gasteiger partial charge in [0.05, 0.1) is 37.8 Å². The second-order valence-electron chi connectivity index (χ2n) is 10.2. The van der Waals surface area contributed by atoms with Crippen molar-refractivity contribution < 1.29 is 37.3 Å². The summed E-state index contributed by atoms with van der Waals surface area (Å²) in [5.74, 6) is -0.701. The lowest BCUT2D eigenvalue weighted by molar-refractivity contribution is -0.263. The first-order valence-corrected chi connectivity index (χ1v) is 12.8. The third-order valence-corrected chi connectivity index (χ3v) is 6.47. The van der Waals surface area contributed by atoms with E-state index in [1.807, 2.05) is 0 Å². The number of nitrogens with two attached hydrogens (primary N) is 1. The Bertz CT molecular complexity index is 1280. The van der Waals surface area contributed by atoms with Crippen LogP contribution in [0.5, 0.6) is 11.5 Å². The number of aliphatic imine (C=N–C) groups is 1. The topological polar surface area (TPSA) is 126 Å². The van der Waals surface area contributed by atoms with Crippen LogP contribution >= 0.6 is 0 Å². The van der Waals surface area contributed by atoms with Crippen molar-refractivity contribution >= 4 is 17.8 Å². The molecule has 0 saturated carbocycles. The average Bonchev–Trinajstić information content (AvgIpc) is 2.85. The molecule has 1 aliphatic rings. The maximum Gasteiger partial charge on any atom is 0.419 e. The second kappa shape index (κ2) is 11.7. The molecule has 0 spiro atoms. The zero-order valence-electron chi connectivity index (χ0n) is 23.1. The van der Waals surface area contributed by atoms with Crippen molar-refractivity contribution in [1.29, 1.82) is 0 Å². The number of halogens is 3. The molecule has 40 heavy (non-hydrogen) atoms. The fourth-order valence-electron chi connectivity index (χ4n) is 4.39. The number of ether oxygens (including phenoxy) is 2. The summed E-state index contributed by atoms with van der Waals surface area (Å²) in [6.07, 6.45) is -4.97. The van der Waals surface area contributed by atoms with Crippen LogP contribution in [0.3, 0.4) is 0 Å². The summed E-state index contributed by atoms with van der Waals surface area (Å²) in [5.41, 5.74) is 2.39. The summed E-state index contributed by atoms with van der Waals surface area (Å²) in [4.78, 5) is 31.8. The van der Waals surface area contributed by atoms with Crippen molar-refractivity contribution in [3.63, 3.8) is 0 Å². The van der Waals surface area contributed by atoms with Gasteiger partial charge in [-0.2, -0.15) is 13.2 Å². The van der Waals surface area contributed by atoms with Gasteiger partial charge in [-0.1, -0.05) is 18.2 Å². The van der Waals surface area contributed by atoms with Crippen LogP contribution in [0.4, 0.5) is 13.2 Å². The van der Waals surface area contributed by atoms with Crippen LogP contribution in [0.1, 0.15) is 68.6 Å².